The molecule has 33 heavy (non-hydrogen) atoms. The van der Waals surface area contributed by atoms with Gasteiger partial charge in [0.25, 0.3) is 0 Å². The number of methoxy groups -OCH3 is 1. The van der Waals surface area contributed by atoms with Gasteiger partial charge in [0.1, 0.15) is 18.7 Å². The summed E-state index contributed by atoms with van der Waals surface area (Å²) in [5.41, 5.74) is 4.42. The highest BCUT2D eigenvalue weighted by molar-refractivity contribution is 5.90. The van der Waals surface area contributed by atoms with Crippen LogP contribution < -0.4 is 5.32 Å². The number of rotatable bonds is 7. The van der Waals surface area contributed by atoms with Crippen LogP contribution in [0.3, 0.4) is 0 Å². The molecule has 3 atom stereocenters. The lowest BCUT2D eigenvalue weighted by Gasteiger charge is -2.29. The van der Waals surface area contributed by atoms with E-state index in [1.165, 1.54) is 12.0 Å². The molecule has 1 saturated heterocycles. The van der Waals surface area contributed by atoms with E-state index < -0.39 is 36.2 Å². The number of fused-ring (bicyclic) bond motifs is 3. The lowest BCUT2D eigenvalue weighted by molar-refractivity contribution is -0.150. The van der Waals surface area contributed by atoms with E-state index >= 15 is 0 Å². The average Bonchev–Trinajstić information content (AvgIpc) is 3.44. The summed E-state index contributed by atoms with van der Waals surface area (Å²) >= 11 is 0. The van der Waals surface area contributed by atoms with Gasteiger partial charge < -0.3 is 24.8 Å². The predicted octanol–water partition coefficient (Wildman–Crippen LogP) is 3.00. The minimum absolute atomic E-state index is 0.105. The number of carbonyl (C=O) groups excluding carboxylic acids is 2. The van der Waals surface area contributed by atoms with Crippen LogP contribution in [0.5, 0.6) is 0 Å². The number of likely N-dealkylation sites (tertiary alicyclic amines) is 1. The van der Waals surface area contributed by atoms with E-state index in [0.717, 1.165) is 22.3 Å². The molecule has 2 aromatic rings. The summed E-state index contributed by atoms with van der Waals surface area (Å²) < 4.78 is 10.9. The van der Waals surface area contributed by atoms with Gasteiger partial charge in [-0.3, -0.25) is 4.79 Å². The van der Waals surface area contributed by atoms with Gasteiger partial charge in [-0.05, 0) is 42.0 Å². The molecule has 8 nitrogen and oxygen atoms in total. The van der Waals surface area contributed by atoms with Crippen LogP contribution in [-0.2, 0) is 19.1 Å². The van der Waals surface area contributed by atoms with E-state index in [1.54, 1.807) is 6.92 Å². The molecule has 1 aliphatic carbocycles. The molecule has 0 aromatic heterocycles. The third-order valence-corrected chi connectivity index (χ3v) is 6.55. The highest BCUT2D eigenvalue weighted by Crippen LogP contribution is 2.44. The molecular formula is C25H28N2O6. The third-order valence-electron chi connectivity index (χ3n) is 6.55. The smallest absolute Gasteiger partial charge is 0.407 e. The zero-order valence-corrected chi connectivity index (χ0v) is 18.7. The molecule has 1 heterocycles. The standard InChI is InChI=1S/C25H28N2O6/c1-15(32-2)22(23(28)27-13-7-12-21(27)24(29)30)26-25(31)33-14-20-18-10-5-3-8-16(18)17-9-4-6-11-19(17)20/h3-6,8-11,15,20-22H,7,12-14H2,1-2H3,(H,26,31)(H,29,30)/t15-,21+,22+/m1/s1. The zero-order chi connectivity index (χ0) is 23.5. The number of benzene rings is 2. The molecule has 2 aromatic carbocycles. The van der Waals surface area contributed by atoms with Crippen molar-refractivity contribution in [3.05, 3.63) is 59.7 Å². The van der Waals surface area contributed by atoms with Crippen molar-refractivity contribution < 1.29 is 29.0 Å². The number of ether oxygens (including phenoxy) is 2. The van der Waals surface area contributed by atoms with E-state index in [1.807, 2.05) is 36.4 Å². The largest absolute Gasteiger partial charge is 0.480 e. The minimum Gasteiger partial charge on any atom is -0.480 e. The van der Waals surface area contributed by atoms with Crippen molar-refractivity contribution in [1.82, 2.24) is 10.2 Å². The molecule has 0 saturated carbocycles. The van der Waals surface area contributed by atoms with E-state index in [2.05, 4.69) is 17.4 Å². The summed E-state index contributed by atoms with van der Waals surface area (Å²) in [6, 6.07) is 14.1. The highest BCUT2D eigenvalue weighted by atomic mass is 16.5. The molecule has 8 heteroatoms. The normalized spacial score (nSPS) is 18.8. The number of amides is 2. The fourth-order valence-corrected chi connectivity index (χ4v) is 4.75. The van der Waals surface area contributed by atoms with Gasteiger partial charge in [0, 0.05) is 19.6 Å². The van der Waals surface area contributed by atoms with Crippen molar-refractivity contribution in [2.45, 2.75) is 43.9 Å². The van der Waals surface area contributed by atoms with E-state index in [9.17, 15) is 19.5 Å². The first kappa shape index (κ1) is 22.8. The number of aliphatic carboxylic acids is 1. The number of hydrogen-bond donors (Lipinski definition) is 2. The SMILES string of the molecule is CO[C@H](C)[C@H](NC(=O)OCC1c2ccccc2-c2ccccc21)C(=O)N1CCC[C@H]1C(=O)O. The van der Waals surface area contributed by atoms with E-state index in [0.29, 0.717) is 19.4 Å². The molecule has 0 spiro atoms. The molecule has 0 bridgehead atoms. The molecule has 1 fully saturated rings. The maximum atomic E-state index is 13.1. The van der Waals surface area contributed by atoms with Crippen molar-refractivity contribution in [2.24, 2.45) is 0 Å². The van der Waals surface area contributed by atoms with Gasteiger partial charge in [0.15, 0.2) is 0 Å². The summed E-state index contributed by atoms with van der Waals surface area (Å²) in [6.45, 7) is 2.09. The highest BCUT2D eigenvalue weighted by Gasteiger charge is 2.40. The predicted molar refractivity (Wildman–Crippen MR) is 121 cm³/mol. The Labute approximate surface area is 192 Å². The number of carboxylic acid groups (broad SMARTS) is 1. The van der Waals surface area contributed by atoms with E-state index in [-0.39, 0.29) is 12.5 Å². The van der Waals surface area contributed by atoms with Crippen molar-refractivity contribution >= 4 is 18.0 Å². The lowest BCUT2D eigenvalue weighted by atomic mass is 9.98. The second kappa shape index (κ2) is 9.62. The first-order chi connectivity index (χ1) is 15.9. The average molecular weight is 453 g/mol. The number of hydrogen-bond acceptors (Lipinski definition) is 5. The molecular weight excluding hydrogens is 424 g/mol. The Kier molecular flexibility index (Phi) is 6.65. The van der Waals surface area contributed by atoms with Crippen LogP contribution in [0.4, 0.5) is 4.79 Å². The summed E-state index contributed by atoms with van der Waals surface area (Å²) in [7, 11) is 1.43. The maximum absolute atomic E-state index is 13.1. The van der Waals surface area contributed by atoms with Gasteiger partial charge in [-0.25, -0.2) is 9.59 Å². The molecule has 0 radical (unpaired) electrons. The van der Waals surface area contributed by atoms with Crippen LogP contribution in [0, 0.1) is 0 Å². The number of alkyl carbamates (subject to hydrolysis) is 1. The van der Waals surface area contributed by atoms with Gasteiger partial charge in [-0.15, -0.1) is 0 Å². The quantitative estimate of drug-likeness (QED) is 0.669. The third kappa shape index (κ3) is 4.43. The van der Waals surface area contributed by atoms with E-state index in [4.69, 9.17) is 9.47 Å². The van der Waals surface area contributed by atoms with Crippen LogP contribution in [0.1, 0.15) is 36.8 Å². The first-order valence-electron chi connectivity index (χ1n) is 11.1. The Morgan fingerprint density at radius 1 is 1.09 bits per heavy atom. The fourth-order valence-electron chi connectivity index (χ4n) is 4.75. The van der Waals surface area contributed by atoms with Crippen LogP contribution in [-0.4, -0.2) is 66.4 Å². The van der Waals surface area contributed by atoms with Gasteiger partial charge in [-0.2, -0.15) is 0 Å². The number of nitrogens with zero attached hydrogens (tertiary/aromatic N) is 1. The maximum Gasteiger partial charge on any atom is 0.407 e. The summed E-state index contributed by atoms with van der Waals surface area (Å²) in [4.78, 5) is 38.6. The Bertz CT molecular complexity index is 1010. The summed E-state index contributed by atoms with van der Waals surface area (Å²) in [5.74, 6) is -1.64. The van der Waals surface area contributed by atoms with Gasteiger partial charge in [0.05, 0.1) is 6.10 Å². The Morgan fingerprint density at radius 2 is 1.70 bits per heavy atom. The lowest BCUT2D eigenvalue weighted by Crippen LogP contribution is -2.56. The van der Waals surface area contributed by atoms with Crippen molar-refractivity contribution in [1.29, 1.82) is 0 Å². The van der Waals surface area contributed by atoms with Crippen LogP contribution >= 0.6 is 0 Å². The van der Waals surface area contributed by atoms with Crippen molar-refractivity contribution in [2.75, 3.05) is 20.3 Å². The van der Waals surface area contributed by atoms with Gasteiger partial charge >= 0.3 is 12.1 Å². The second-order valence-electron chi connectivity index (χ2n) is 8.42. The van der Waals surface area contributed by atoms with Crippen LogP contribution in [0.25, 0.3) is 11.1 Å². The molecule has 1 aliphatic heterocycles. The monoisotopic (exact) mass is 452 g/mol. The Hall–Kier alpha value is -3.39. The molecule has 2 N–H and O–H groups in total. The molecule has 2 aliphatic rings. The van der Waals surface area contributed by atoms with Crippen molar-refractivity contribution in [3.8, 4) is 11.1 Å². The second-order valence-corrected chi connectivity index (χ2v) is 8.42. The van der Waals surface area contributed by atoms with Crippen LogP contribution in [0.2, 0.25) is 0 Å². The fraction of sp³-hybridized carbons (Fsp3) is 0.400. The number of carboxylic acids is 1. The van der Waals surface area contributed by atoms with Crippen LogP contribution in [0.15, 0.2) is 48.5 Å². The number of carbonyl (C=O) groups is 3. The Balaban J connectivity index is 1.46. The summed E-state index contributed by atoms with van der Waals surface area (Å²) in [5, 5.41) is 12.0. The molecule has 2 amide bonds. The molecule has 0 unspecified atom stereocenters. The molecule has 4 rings (SSSR count). The van der Waals surface area contributed by atoms with Gasteiger partial charge in [-0.1, -0.05) is 48.5 Å². The topological polar surface area (TPSA) is 105 Å². The zero-order valence-electron chi connectivity index (χ0n) is 18.7. The summed E-state index contributed by atoms with van der Waals surface area (Å²) in [6.07, 6.45) is -0.417. The first-order valence-corrected chi connectivity index (χ1v) is 11.1. The van der Waals surface area contributed by atoms with Crippen molar-refractivity contribution in [3.63, 3.8) is 0 Å². The molecule has 174 valence electrons. The minimum atomic E-state index is -1.05. The Morgan fingerprint density at radius 3 is 2.27 bits per heavy atom. The number of nitrogens with one attached hydrogen (secondary N) is 1. The van der Waals surface area contributed by atoms with Gasteiger partial charge in [0.2, 0.25) is 5.91 Å².